The number of aryl methyl sites for hydroxylation is 2. The van der Waals surface area contributed by atoms with Gasteiger partial charge in [0.25, 0.3) is 5.91 Å². The van der Waals surface area contributed by atoms with Crippen molar-refractivity contribution in [3.8, 4) is 0 Å². The summed E-state index contributed by atoms with van der Waals surface area (Å²) >= 11 is 0. The normalized spacial score (nSPS) is 17.8. The molecular formula is C17H23N5O2. The van der Waals surface area contributed by atoms with Crippen LogP contribution in [-0.2, 0) is 0 Å². The third-order valence-electron chi connectivity index (χ3n) is 4.30. The Morgan fingerprint density at radius 1 is 1.33 bits per heavy atom. The zero-order valence-electron chi connectivity index (χ0n) is 14.4. The van der Waals surface area contributed by atoms with E-state index in [0.29, 0.717) is 29.3 Å². The first kappa shape index (κ1) is 16.4. The highest BCUT2D eigenvalue weighted by molar-refractivity contribution is 5.93. The molecule has 0 bridgehead atoms. The van der Waals surface area contributed by atoms with Crippen LogP contribution < -0.4 is 5.32 Å². The van der Waals surface area contributed by atoms with Gasteiger partial charge in [0.2, 0.25) is 5.95 Å². The molecule has 0 radical (unpaired) electrons. The average molecular weight is 329 g/mol. The van der Waals surface area contributed by atoms with E-state index in [1.807, 2.05) is 18.7 Å². The molecule has 24 heavy (non-hydrogen) atoms. The highest BCUT2D eigenvalue weighted by Gasteiger charge is 2.27. The van der Waals surface area contributed by atoms with Crippen molar-refractivity contribution in [2.45, 2.75) is 52.5 Å². The number of hydrogen-bond donors (Lipinski definition) is 1. The van der Waals surface area contributed by atoms with Crippen LogP contribution in [0.25, 0.3) is 0 Å². The Bertz CT molecular complexity index is 728. The minimum atomic E-state index is -0.0218. The monoisotopic (exact) mass is 329 g/mol. The maximum atomic E-state index is 12.9. The van der Waals surface area contributed by atoms with Gasteiger partial charge in [-0.1, -0.05) is 12.1 Å². The maximum Gasteiger partial charge on any atom is 0.272 e. The molecule has 1 aliphatic heterocycles. The van der Waals surface area contributed by atoms with E-state index in [4.69, 9.17) is 4.52 Å². The van der Waals surface area contributed by atoms with Crippen molar-refractivity contribution in [3.05, 3.63) is 29.3 Å². The molecule has 1 fully saturated rings. The summed E-state index contributed by atoms with van der Waals surface area (Å²) in [7, 11) is 0. The molecule has 3 rings (SSSR count). The van der Waals surface area contributed by atoms with Gasteiger partial charge in [-0.15, -0.1) is 0 Å². The molecule has 7 nitrogen and oxygen atoms in total. The summed E-state index contributed by atoms with van der Waals surface area (Å²) in [5.74, 6) is 1.56. The largest absolute Gasteiger partial charge is 0.360 e. The van der Waals surface area contributed by atoms with E-state index in [1.54, 1.807) is 12.1 Å². The number of nitrogens with zero attached hydrogens (tertiary/aromatic N) is 4. The van der Waals surface area contributed by atoms with E-state index in [2.05, 4.69) is 27.4 Å². The van der Waals surface area contributed by atoms with Crippen LogP contribution >= 0.6 is 0 Å². The number of hydrogen-bond acceptors (Lipinski definition) is 6. The first-order valence-electron chi connectivity index (χ1n) is 8.44. The Morgan fingerprint density at radius 2 is 2.17 bits per heavy atom. The smallest absolute Gasteiger partial charge is 0.272 e. The highest BCUT2D eigenvalue weighted by atomic mass is 16.5. The van der Waals surface area contributed by atoms with E-state index in [0.717, 1.165) is 31.5 Å². The number of rotatable bonds is 4. The molecule has 0 spiro atoms. The van der Waals surface area contributed by atoms with Crippen molar-refractivity contribution in [2.75, 3.05) is 11.9 Å². The Morgan fingerprint density at radius 3 is 2.88 bits per heavy atom. The fraction of sp³-hybridized carbons (Fsp3) is 0.529. The number of carbonyl (C=O) groups excluding carboxylic acids is 1. The molecular weight excluding hydrogens is 306 g/mol. The number of aromatic nitrogens is 3. The number of anilines is 2. The second-order valence-corrected chi connectivity index (χ2v) is 6.22. The Labute approximate surface area is 141 Å². The minimum absolute atomic E-state index is 0.0218. The highest BCUT2D eigenvalue weighted by Crippen LogP contribution is 2.22. The Balaban J connectivity index is 1.83. The van der Waals surface area contributed by atoms with Gasteiger partial charge < -0.3 is 14.7 Å². The second-order valence-electron chi connectivity index (χ2n) is 6.22. The third-order valence-corrected chi connectivity index (χ3v) is 4.30. The zero-order chi connectivity index (χ0) is 17.1. The van der Waals surface area contributed by atoms with Gasteiger partial charge in [-0.3, -0.25) is 4.79 Å². The van der Waals surface area contributed by atoms with Gasteiger partial charge in [0, 0.05) is 24.3 Å². The number of nitrogens with one attached hydrogen (secondary N) is 1. The van der Waals surface area contributed by atoms with E-state index in [9.17, 15) is 4.79 Å². The molecule has 1 aliphatic rings. The first-order chi connectivity index (χ1) is 11.6. The van der Waals surface area contributed by atoms with Gasteiger partial charge in [-0.25, -0.2) is 9.97 Å². The lowest BCUT2D eigenvalue weighted by Gasteiger charge is -2.35. The second kappa shape index (κ2) is 6.98. The molecule has 2 aromatic heterocycles. The molecule has 0 saturated carbocycles. The van der Waals surface area contributed by atoms with Gasteiger partial charge in [0.1, 0.15) is 11.5 Å². The summed E-state index contributed by atoms with van der Waals surface area (Å²) in [6.07, 6.45) is 4.27. The quantitative estimate of drug-likeness (QED) is 0.927. The summed E-state index contributed by atoms with van der Waals surface area (Å²) in [4.78, 5) is 23.6. The lowest BCUT2D eigenvalue weighted by molar-refractivity contribution is 0.0602. The Kier molecular flexibility index (Phi) is 4.78. The summed E-state index contributed by atoms with van der Waals surface area (Å²) in [6.45, 7) is 6.59. The van der Waals surface area contributed by atoms with Crippen molar-refractivity contribution >= 4 is 17.7 Å². The molecule has 7 heteroatoms. The van der Waals surface area contributed by atoms with Crippen molar-refractivity contribution in [3.63, 3.8) is 0 Å². The number of piperidine rings is 1. The molecule has 1 atom stereocenters. The molecule has 1 saturated heterocycles. The fourth-order valence-corrected chi connectivity index (χ4v) is 3.11. The van der Waals surface area contributed by atoms with Gasteiger partial charge >= 0.3 is 0 Å². The van der Waals surface area contributed by atoms with Crippen LogP contribution in [0.1, 0.15) is 54.5 Å². The minimum Gasteiger partial charge on any atom is -0.360 e. The van der Waals surface area contributed by atoms with Gasteiger partial charge in [-0.05, 0) is 45.6 Å². The molecule has 0 aromatic carbocycles. The standard InChI is InChI=1S/C17H23N5O2/c1-4-13-7-5-6-8-22(13)16(23)14-9-11(2)18-17(19-14)20-15-10-12(3)24-21-15/h9-10,13H,4-8H2,1-3H3,(H,18,19,20,21). The predicted octanol–water partition coefficient (Wildman–Crippen LogP) is 3.23. The van der Waals surface area contributed by atoms with Crippen LogP contribution in [0.15, 0.2) is 16.7 Å². The maximum absolute atomic E-state index is 12.9. The first-order valence-corrected chi connectivity index (χ1v) is 8.44. The molecule has 1 unspecified atom stereocenters. The van der Waals surface area contributed by atoms with Crippen LogP contribution in [0, 0.1) is 13.8 Å². The summed E-state index contributed by atoms with van der Waals surface area (Å²) < 4.78 is 5.03. The van der Waals surface area contributed by atoms with Crippen LogP contribution in [0.5, 0.6) is 0 Å². The van der Waals surface area contributed by atoms with Crippen molar-refractivity contribution in [1.29, 1.82) is 0 Å². The van der Waals surface area contributed by atoms with E-state index in [-0.39, 0.29) is 5.91 Å². The van der Waals surface area contributed by atoms with E-state index < -0.39 is 0 Å². The lowest BCUT2D eigenvalue weighted by Crippen LogP contribution is -2.43. The van der Waals surface area contributed by atoms with E-state index in [1.165, 1.54) is 6.42 Å². The molecule has 1 N–H and O–H groups in total. The zero-order valence-corrected chi connectivity index (χ0v) is 14.4. The van der Waals surface area contributed by atoms with Gasteiger partial charge in [0.05, 0.1) is 0 Å². The summed E-state index contributed by atoms with van der Waals surface area (Å²) in [5.41, 5.74) is 1.16. The molecule has 128 valence electrons. The summed E-state index contributed by atoms with van der Waals surface area (Å²) in [6, 6.07) is 3.80. The van der Waals surface area contributed by atoms with Crippen LogP contribution in [-0.4, -0.2) is 38.5 Å². The molecule has 2 aromatic rings. The lowest BCUT2D eigenvalue weighted by atomic mass is 9.99. The van der Waals surface area contributed by atoms with Gasteiger partial charge in [-0.2, -0.15) is 0 Å². The SMILES string of the molecule is CCC1CCCCN1C(=O)c1cc(C)nc(Nc2cc(C)on2)n1. The topological polar surface area (TPSA) is 84.2 Å². The molecule has 0 aliphatic carbocycles. The molecule has 3 heterocycles. The number of likely N-dealkylation sites (tertiary alicyclic amines) is 1. The van der Waals surface area contributed by atoms with Crippen LogP contribution in [0.3, 0.4) is 0 Å². The predicted molar refractivity (Wildman–Crippen MR) is 90.3 cm³/mol. The number of carbonyl (C=O) groups is 1. The average Bonchev–Trinajstić information content (AvgIpc) is 2.98. The number of amides is 1. The van der Waals surface area contributed by atoms with Crippen LogP contribution in [0.4, 0.5) is 11.8 Å². The van der Waals surface area contributed by atoms with Crippen molar-refractivity contribution in [2.24, 2.45) is 0 Å². The van der Waals surface area contributed by atoms with Crippen molar-refractivity contribution < 1.29 is 9.32 Å². The van der Waals surface area contributed by atoms with Crippen LogP contribution in [0.2, 0.25) is 0 Å². The third kappa shape index (κ3) is 3.55. The van der Waals surface area contributed by atoms with Gasteiger partial charge in [0.15, 0.2) is 5.82 Å². The summed E-state index contributed by atoms with van der Waals surface area (Å²) in [5, 5.41) is 6.86. The molecule has 1 amide bonds. The fourth-order valence-electron chi connectivity index (χ4n) is 3.11. The Hall–Kier alpha value is -2.44. The van der Waals surface area contributed by atoms with Crippen molar-refractivity contribution in [1.82, 2.24) is 20.0 Å². The van der Waals surface area contributed by atoms with E-state index >= 15 is 0 Å².